The summed E-state index contributed by atoms with van der Waals surface area (Å²) in [4.78, 5) is 0. The van der Waals surface area contributed by atoms with Crippen molar-refractivity contribution in [3.63, 3.8) is 0 Å². The maximum atomic E-state index is 3.32. The fraction of sp³-hybridized carbons (Fsp3) is 0.579. The number of halogens is 2. The molecule has 0 bridgehead atoms. The summed E-state index contributed by atoms with van der Waals surface area (Å²) in [7, 11) is 0. The van der Waals surface area contributed by atoms with Crippen molar-refractivity contribution in [1.29, 1.82) is 0 Å². The van der Waals surface area contributed by atoms with Gasteiger partial charge in [-0.05, 0) is 0 Å². The van der Waals surface area contributed by atoms with Crippen LogP contribution in [0.5, 0.6) is 0 Å². The van der Waals surface area contributed by atoms with Crippen molar-refractivity contribution in [1.82, 2.24) is 0 Å². The van der Waals surface area contributed by atoms with Gasteiger partial charge in [-0.3, -0.25) is 12.2 Å². The molecule has 0 radical (unpaired) electrons. The van der Waals surface area contributed by atoms with Gasteiger partial charge in [-0.15, -0.1) is 12.8 Å². The Hall–Kier alpha value is 0.423. The van der Waals surface area contributed by atoms with E-state index in [1.165, 1.54) is 56.1 Å². The molecule has 0 aromatic heterocycles. The van der Waals surface area contributed by atoms with Crippen molar-refractivity contribution in [2.45, 2.75) is 71.6 Å². The van der Waals surface area contributed by atoms with Crippen molar-refractivity contribution in [3.05, 3.63) is 47.6 Å². The van der Waals surface area contributed by atoms with E-state index in [9.17, 15) is 0 Å². The van der Waals surface area contributed by atoms with Gasteiger partial charge in [0.25, 0.3) is 0 Å². The molecule has 0 saturated heterocycles. The second kappa shape index (κ2) is 19.5. The van der Waals surface area contributed by atoms with Gasteiger partial charge < -0.3 is 24.8 Å². The first kappa shape index (κ1) is 27.3. The van der Waals surface area contributed by atoms with Crippen LogP contribution in [-0.2, 0) is 26.2 Å². The Morgan fingerprint density at radius 2 is 1.23 bits per heavy atom. The maximum absolute atomic E-state index is 3.32. The van der Waals surface area contributed by atoms with Gasteiger partial charge in [-0.1, -0.05) is 58.8 Å². The summed E-state index contributed by atoms with van der Waals surface area (Å²) in [6.45, 7) is 4.46. The number of allylic oxidation sites excluding steroid dienone is 8. The van der Waals surface area contributed by atoms with E-state index in [1.54, 1.807) is 0 Å². The Balaban J connectivity index is -0.000000290. The molecule has 0 saturated carbocycles. The van der Waals surface area contributed by atoms with E-state index in [1.807, 2.05) is 0 Å². The van der Waals surface area contributed by atoms with E-state index in [0.717, 1.165) is 12.8 Å². The SMILES string of the molecule is CCCCC1=[C-]CC=C1.CCCCCC1=[C-]CC=C1.[Cl-].[Cl-].[Zr+2]. The Morgan fingerprint density at radius 1 is 0.773 bits per heavy atom. The standard InChI is InChI=1S/C10H15.C9H13.2ClH.Zr/c1-2-3-4-7-10-8-5-6-9-10;1-2-3-6-9-7-4-5-8-9;;;/h5,8H,2-4,6-7H2,1H3;4,7H,2-3,5-6H2,1H3;2*1H;/q2*-1;;;+2/p-2. The molecule has 124 valence electrons. The van der Waals surface area contributed by atoms with E-state index < -0.39 is 0 Å². The van der Waals surface area contributed by atoms with Gasteiger partial charge in [-0.2, -0.15) is 12.2 Å². The second-order valence-electron chi connectivity index (χ2n) is 5.18. The predicted octanol–water partition coefficient (Wildman–Crippen LogP) is 0.128. The van der Waals surface area contributed by atoms with Gasteiger partial charge in [0, 0.05) is 0 Å². The van der Waals surface area contributed by atoms with Crippen LogP contribution in [0.4, 0.5) is 0 Å². The molecule has 0 atom stereocenters. The molecule has 22 heavy (non-hydrogen) atoms. The smallest absolute Gasteiger partial charge is 1.00 e. The van der Waals surface area contributed by atoms with Crippen LogP contribution in [0.15, 0.2) is 35.5 Å². The van der Waals surface area contributed by atoms with Crippen molar-refractivity contribution in [3.8, 4) is 0 Å². The van der Waals surface area contributed by atoms with Crippen molar-refractivity contribution in [2.24, 2.45) is 0 Å². The van der Waals surface area contributed by atoms with Gasteiger partial charge in [0.05, 0.1) is 0 Å². The van der Waals surface area contributed by atoms with Crippen LogP contribution in [0.3, 0.4) is 0 Å². The van der Waals surface area contributed by atoms with E-state index >= 15 is 0 Å². The van der Waals surface area contributed by atoms with Crippen LogP contribution in [0.2, 0.25) is 0 Å². The van der Waals surface area contributed by atoms with E-state index in [-0.39, 0.29) is 51.0 Å². The Labute approximate surface area is 169 Å². The van der Waals surface area contributed by atoms with Crippen LogP contribution >= 0.6 is 0 Å². The number of rotatable bonds is 7. The summed E-state index contributed by atoms with van der Waals surface area (Å²) < 4.78 is 0. The third kappa shape index (κ3) is 14.0. The van der Waals surface area contributed by atoms with Crippen LogP contribution in [-0.4, -0.2) is 0 Å². The van der Waals surface area contributed by atoms with Crippen LogP contribution in [0, 0.1) is 12.2 Å². The topological polar surface area (TPSA) is 0 Å². The first-order valence-electron chi connectivity index (χ1n) is 7.89. The minimum absolute atomic E-state index is 0. The van der Waals surface area contributed by atoms with Crippen molar-refractivity contribution < 1.29 is 51.0 Å². The summed E-state index contributed by atoms with van der Waals surface area (Å²) in [5.74, 6) is 0. The Bertz CT molecular complexity index is 354. The Morgan fingerprint density at radius 3 is 1.59 bits per heavy atom. The van der Waals surface area contributed by atoms with Crippen molar-refractivity contribution >= 4 is 0 Å². The molecule has 3 heteroatoms. The molecule has 0 N–H and O–H groups in total. The van der Waals surface area contributed by atoms with Gasteiger partial charge in [-0.25, -0.2) is 23.3 Å². The van der Waals surface area contributed by atoms with Crippen LogP contribution in [0.25, 0.3) is 0 Å². The summed E-state index contributed by atoms with van der Waals surface area (Å²) in [5, 5.41) is 0. The molecule has 0 aromatic carbocycles. The van der Waals surface area contributed by atoms with Crippen LogP contribution in [0.1, 0.15) is 71.6 Å². The molecule has 2 aliphatic carbocycles. The molecule has 0 aromatic rings. The fourth-order valence-electron chi connectivity index (χ4n) is 2.18. The molecule has 0 spiro atoms. The molecule has 0 aliphatic heterocycles. The first-order chi connectivity index (χ1) is 9.36. The molecule has 2 rings (SSSR count). The average Bonchev–Trinajstić information content (AvgIpc) is 3.11. The molecule has 0 fully saturated rings. The van der Waals surface area contributed by atoms with E-state index in [4.69, 9.17) is 0 Å². The average molecular weight is 419 g/mol. The largest absolute Gasteiger partial charge is 2.00 e. The number of unbranched alkanes of at least 4 members (excludes halogenated alkanes) is 3. The van der Waals surface area contributed by atoms with Gasteiger partial charge >= 0.3 is 26.2 Å². The minimum atomic E-state index is 0. The zero-order chi connectivity index (χ0) is 13.8. The summed E-state index contributed by atoms with van der Waals surface area (Å²) in [6, 6.07) is 0. The van der Waals surface area contributed by atoms with E-state index in [0.29, 0.717) is 0 Å². The number of hydrogen-bond donors (Lipinski definition) is 0. The zero-order valence-electron chi connectivity index (χ0n) is 13.9. The van der Waals surface area contributed by atoms with Gasteiger partial charge in [0.15, 0.2) is 0 Å². The Kier molecular flexibility index (Phi) is 24.1. The third-order valence-corrected chi connectivity index (χ3v) is 3.38. The maximum Gasteiger partial charge on any atom is 2.00 e. The minimum Gasteiger partial charge on any atom is -1.00 e. The summed E-state index contributed by atoms with van der Waals surface area (Å²) >= 11 is 0. The zero-order valence-corrected chi connectivity index (χ0v) is 17.9. The number of hydrogen-bond acceptors (Lipinski definition) is 0. The first-order valence-corrected chi connectivity index (χ1v) is 7.89. The van der Waals surface area contributed by atoms with Crippen molar-refractivity contribution in [2.75, 3.05) is 0 Å². The molecule has 0 heterocycles. The molecular weight excluding hydrogens is 390 g/mol. The summed E-state index contributed by atoms with van der Waals surface area (Å²) in [5.41, 5.74) is 2.84. The fourth-order valence-corrected chi connectivity index (χ4v) is 2.18. The predicted molar refractivity (Wildman–Crippen MR) is 84.7 cm³/mol. The molecule has 0 amide bonds. The van der Waals surface area contributed by atoms with Crippen LogP contribution < -0.4 is 24.8 Å². The third-order valence-electron chi connectivity index (χ3n) is 3.38. The van der Waals surface area contributed by atoms with E-state index in [2.05, 4.69) is 50.3 Å². The quantitative estimate of drug-likeness (QED) is 0.407. The van der Waals surface area contributed by atoms with Gasteiger partial charge in [0.2, 0.25) is 0 Å². The molecule has 0 nitrogen and oxygen atoms in total. The molecular formula is C19H28Cl2Zr-2. The normalized spacial score (nSPS) is 13.9. The molecule has 2 aliphatic rings. The summed E-state index contributed by atoms with van der Waals surface area (Å²) in [6.07, 6.45) is 26.5. The van der Waals surface area contributed by atoms with Gasteiger partial charge in [0.1, 0.15) is 0 Å². The monoisotopic (exact) mass is 416 g/mol. The second-order valence-corrected chi connectivity index (χ2v) is 5.18. The molecule has 0 unspecified atom stereocenters.